The number of hydrogen-bond donors (Lipinski definition) is 2. The molecule has 42 valence electrons. The third-order valence-electron chi connectivity index (χ3n) is 0.431. The van der Waals surface area contributed by atoms with Crippen LogP contribution in [0, 0.1) is 0 Å². The Bertz CT molecular complexity index is 72.6. The van der Waals surface area contributed by atoms with Gasteiger partial charge in [0.15, 0.2) is 6.10 Å². The van der Waals surface area contributed by atoms with Crippen LogP contribution in [0.1, 0.15) is 0 Å². The number of rotatable bonds is 2. The van der Waals surface area contributed by atoms with Crippen LogP contribution in [-0.4, -0.2) is 29.0 Å². The molecule has 0 bridgehead atoms. The highest BCUT2D eigenvalue weighted by Crippen LogP contribution is 1.80. The molecule has 2 N–H and O–H groups in total. The van der Waals surface area contributed by atoms with E-state index in [1.165, 1.54) is 0 Å². The summed E-state index contributed by atoms with van der Waals surface area (Å²) in [5.41, 5.74) is 0. The highest BCUT2D eigenvalue weighted by molar-refractivity contribution is 5.71. The zero-order chi connectivity index (χ0) is 5.86. The van der Waals surface area contributed by atoms with Gasteiger partial charge in [-0.05, 0) is 0 Å². The number of aliphatic hydroxyl groups is 1. The molecule has 3 nitrogen and oxygen atoms in total. The van der Waals surface area contributed by atoms with Crippen LogP contribution in [0.2, 0.25) is 0 Å². The van der Waals surface area contributed by atoms with Crippen molar-refractivity contribution in [3.8, 4) is 0 Å². The van der Waals surface area contributed by atoms with Crippen molar-refractivity contribution < 1.29 is 19.4 Å². The predicted octanol–water partition coefficient (Wildman–Crippen LogP) is -0.599. The lowest BCUT2D eigenvalue weighted by Gasteiger charge is -1.93. The van der Waals surface area contributed by atoms with Crippen LogP contribution < -0.4 is 0 Å². The van der Waals surface area contributed by atoms with E-state index >= 15 is 0 Å². The van der Waals surface area contributed by atoms with Gasteiger partial charge in [-0.2, -0.15) is 0 Å². The zero-order valence-electron chi connectivity index (χ0n) is 3.47. The predicted molar refractivity (Wildman–Crippen MR) is 19.6 cm³/mol. The first-order chi connectivity index (χ1) is 3.18. The molecule has 0 heterocycles. The van der Waals surface area contributed by atoms with E-state index in [1.807, 2.05) is 0 Å². The SMILES string of the molecule is O=C(O)C(O)C[18F]. The zero-order valence-corrected chi connectivity index (χ0v) is 3.47. The van der Waals surface area contributed by atoms with Gasteiger partial charge in [-0.15, -0.1) is 0 Å². The highest BCUT2D eigenvalue weighted by Gasteiger charge is 2.10. The minimum Gasteiger partial charge on any atom is -0.479 e. The number of aliphatic hydroxyl groups excluding tert-OH is 1. The van der Waals surface area contributed by atoms with Crippen LogP contribution in [0.3, 0.4) is 0 Å². The number of aliphatic carboxylic acids is 1. The highest BCUT2D eigenvalue weighted by atomic mass is 18.2. The molecule has 0 aromatic carbocycles. The molecule has 0 aromatic rings. The standard InChI is InChI=1S/C3H5FO3/c4-1-2(5)3(6)7/h2,5H,1H2,(H,6,7)/i4-1. The first kappa shape index (κ1) is 6.36. The summed E-state index contributed by atoms with van der Waals surface area (Å²) in [6, 6.07) is 0. The Morgan fingerprint density at radius 3 is 2.29 bits per heavy atom. The molecule has 1 atom stereocenters. The maximum atomic E-state index is 11.0. The van der Waals surface area contributed by atoms with Crippen LogP contribution in [0.5, 0.6) is 0 Å². The molecule has 0 amide bonds. The summed E-state index contributed by atoms with van der Waals surface area (Å²) in [7, 11) is 0. The van der Waals surface area contributed by atoms with Crippen molar-refractivity contribution in [3.63, 3.8) is 0 Å². The van der Waals surface area contributed by atoms with Gasteiger partial charge in [0.1, 0.15) is 6.67 Å². The van der Waals surface area contributed by atoms with Gasteiger partial charge < -0.3 is 10.2 Å². The second-order valence-corrected chi connectivity index (χ2v) is 1.01. The van der Waals surface area contributed by atoms with Gasteiger partial charge in [0, 0.05) is 0 Å². The van der Waals surface area contributed by atoms with E-state index < -0.39 is 18.7 Å². The lowest BCUT2D eigenvalue weighted by Crippen LogP contribution is -2.20. The molecule has 7 heavy (non-hydrogen) atoms. The molecule has 0 aromatic heterocycles. The Hall–Kier alpha value is -0.640. The summed E-state index contributed by atoms with van der Waals surface area (Å²) in [4.78, 5) is 9.44. The summed E-state index contributed by atoms with van der Waals surface area (Å²) in [5, 5.41) is 15.7. The summed E-state index contributed by atoms with van der Waals surface area (Å²) in [5.74, 6) is -1.53. The third kappa shape index (κ3) is 2.11. The average Bonchev–Trinajstić information content (AvgIpc) is 1.65. The minimum atomic E-state index is -1.85. The fourth-order valence-corrected chi connectivity index (χ4v) is 0.0660. The average molecular weight is 107 g/mol. The molecule has 0 saturated heterocycles. The van der Waals surface area contributed by atoms with Crippen LogP contribution in [0.4, 0.5) is 4.39 Å². The normalized spacial score (nSPS) is 13.4. The maximum absolute atomic E-state index is 11.0. The molecule has 0 fully saturated rings. The summed E-state index contributed by atoms with van der Waals surface area (Å²) >= 11 is 0. The summed E-state index contributed by atoms with van der Waals surface area (Å²) in [6.07, 6.45) is -1.85. The van der Waals surface area contributed by atoms with Gasteiger partial charge in [0.05, 0.1) is 0 Å². The Morgan fingerprint density at radius 2 is 2.29 bits per heavy atom. The molecule has 0 rings (SSSR count). The Morgan fingerprint density at radius 1 is 1.86 bits per heavy atom. The molecule has 1 unspecified atom stereocenters. The topological polar surface area (TPSA) is 57.5 Å². The molecule has 0 aliphatic rings. The number of halogens is 1. The van der Waals surface area contributed by atoms with E-state index in [0.29, 0.717) is 0 Å². The van der Waals surface area contributed by atoms with Gasteiger partial charge in [-0.25, -0.2) is 9.18 Å². The molecule has 4 heteroatoms. The summed E-state index contributed by atoms with van der Waals surface area (Å²) < 4.78 is 11.0. The van der Waals surface area contributed by atoms with Crippen molar-refractivity contribution >= 4 is 5.97 Å². The van der Waals surface area contributed by atoms with E-state index in [1.54, 1.807) is 0 Å². The van der Waals surface area contributed by atoms with E-state index in [2.05, 4.69) is 0 Å². The van der Waals surface area contributed by atoms with E-state index in [4.69, 9.17) is 10.2 Å². The Balaban J connectivity index is 3.34. The fourth-order valence-electron chi connectivity index (χ4n) is 0.0660. The largest absolute Gasteiger partial charge is 0.479 e. The van der Waals surface area contributed by atoms with Crippen molar-refractivity contribution in [2.45, 2.75) is 6.10 Å². The van der Waals surface area contributed by atoms with Gasteiger partial charge in [-0.1, -0.05) is 0 Å². The maximum Gasteiger partial charge on any atom is 0.335 e. The van der Waals surface area contributed by atoms with Crippen molar-refractivity contribution in [1.29, 1.82) is 0 Å². The number of hydrogen-bond acceptors (Lipinski definition) is 2. The van der Waals surface area contributed by atoms with Crippen molar-refractivity contribution in [1.82, 2.24) is 0 Å². The van der Waals surface area contributed by atoms with E-state index in [9.17, 15) is 9.18 Å². The monoisotopic (exact) mass is 107 g/mol. The molecule has 0 aliphatic carbocycles. The van der Waals surface area contributed by atoms with Gasteiger partial charge in [-0.3, -0.25) is 0 Å². The Labute approximate surface area is 39.4 Å². The number of carboxylic acids is 1. The lowest BCUT2D eigenvalue weighted by atomic mass is 10.4. The molecule has 0 saturated carbocycles. The quantitative estimate of drug-likeness (QED) is 0.495. The molecular weight excluding hydrogens is 102 g/mol. The first-order valence-electron chi connectivity index (χ1n) is 1.65. The number of carboxylic acid groups (broad SMARTS) is 1. The minimum absolute atomic E-state index is 1.23. The number of carbonyl (C=O) groups is 1. The second kappa shape index (κ2) is 2.52. The van der Waals surface area contributed by atoms with Gasteiger partial charge in [0.25, 0.3) is 0 Å². The van der Waals surface area contributed by atoms with Gasteiger partial charge >= 0.3 is 5.97 Å². The fraction of sp³-hybridized carbons (Fsp3) is 0.667. The lowest BCUT2D eigenvalue weighted by molar-refractivity contribution is -0.147. The van der Waals surface area contributed by atoms with E-state index in [-0.39, 0.29) is 0 Å². The molecular formula is C3H5FO3. The number of alkyl halides is 1. The first-order valence-corrected chi connectivity index (χ1v) is 1.65. The van der Waals surface area contributed by atoms with Crippen LogP contribution in [0.25, 0.3) is 0 Å². The summed E-state index contributed by atoms with van der Waals surface area (Å²) in [6.45, 7) is -1.23. The van der Waals surface area contributed by atoms with Gasteiger partial charge in [0.2, 0.25) is 0 Å². The smallest absolute Gasteiger partial charge is 0.335 e. The van der Waals surface area contributed by atoms with Crippen molar-refractivity contribution in [3.05, 3.63) is 0 Å². The van der Waals surface area contributed by atoms with E-state index in [0.717, 1.165) is 0 Å². The molecule has 0 spiro atoms. The van der Waals surface area contributed by atoms with Crippen molar-refractivity contribution in [2.24, 2.45) is 0 Å². The van der Waals surface area contributed by atoms with Crippen LogP contribution in [0.15, 0.2) is 0 Å². The molecule has 0 radical (unpaired) electrons. The second-order valence-electron chi connectivity index (χ2n) is 1.01. The van der Waals surface area contributed by atoms with Crippen LogP contribution in [-0.2, 0) is 4.79 Å². The van der Waals surface area contributed by atoms with Crippen molar-refractivity contribution in [2.75, 3.05) is 6.67 Å². The van der Waals surface area contributed by atoms with Crippen LogP contribution >= 0.6 is 0 Å². The Kier molecular flexibility index (Phi) is 2.29. The third-order valence-corrected chi connectivity index (χ3v) is 0.431. The molecule has 0 aliphatic heterocycles.